The summed E-state index contributed by atoms with van der Waals surface area (Å²) in [6.45, 7) is 0.549. The van der Waals surface area contributed by atoms with Crippen LogP contribution in [0.4, 0.5) is 14.5 Å². The van der Waals surface area contributed by atoms with Gasteiger partial charge in [-0.1, -0.05) is 24.3 Å². The molecule has 0 saturated heterocycles. The van der Waals surface area contributed by atoms with Gasteiger partial charge in [-0.25, -0.2) is 8.78 Å². The van der Waals surface area contributed by atoms with Gasteiger partial charge in [-0.15, -0.1) is 0 Å². The average molecular weight is 497 g/mol. The molecular weight excluding hydrogens is 466 g/mol. The lowest BCUT2D eigenvalue weighted by Crippen LogP contribution is -2.40. The van der Waals surface area contributed by atoms with Crippen molar-refractivity contribution in [2.75, 3.05) is 11.9 Å². The Morgan fingerprint density at radius 1 is 1.11 bits per heavy atom. The average Bonchev–Trinajstić information content (AvgIpc) is 3.18. The van der Waals surface area contributed by atoms with Gasteiger partial charge in [-0.3, -0.25) is 15.0 Å². The maximum Gasteiger partial charge on any atom is 0.268 e. The molecule has 2 aromatic carbocycles. The Balaban J connectivity index is 1.65. The Labute approximate surface area is 207 Å². The predicted molar refractivity (Wildman–Crippen MR) is 135 cm³/mol. The van der Waals surface area contributed by atoms with Crippen LogP contribution in [0.5, 0.6) is 0 Å². The van der Waals surface area contributed by atoms with Gasteiger partial charge in [0.25, 0.3) is 5.91 Å². The molecule has 1 fully saturated rings. The molecule has 8 nitrogen and oxygen atoms in total. The van der Waals surface area contributed by atoms with Crippen molar-refractivity contribution in [3.63, 3.8) is 0 Å². The first-order valence-electron chi connectivity index (χ1n) is 11.9. The van der Waals surface area contributed by atoms with E-state index in [4.69, 9.17) is 16.9 Å². The summed E-state index contributed by atoms with van der Waals surface area (Å²) in [5.41, 5.74) is 14.2. The molecule has 1 aromatic heterocycles. The number of hydrogen-bond donors (Lipinski definition) is 5. The molecule has 1 aliphatic carbocycles. The third kappa shape index (κ3) is 5.88. The molecule has 0 bridgehead atoms. The number of rotatable bonds is 8. The zero-order chi connectivity index (χ0) is 25.9. The van der Waals surface area contributed by atoms with Gasteiger partial charge in [0, 0.05) is 60.5 Å². The number of nitrogens with one attached hydrogen (secondary N) is 3. The molecule has 1 aliphatic rings. The lowest BCUT2D eigenvalue weighted by Gasteiger charge is -2.28. The molecule has 190 valence electrons. The van der Waals surface area contributed by atoms with Gasteiger partial charge in [0.15, 0.2) is 0 Å². The topological polar surface area (TPSA) is 139 Å². The van der Waals surface area contributed by atoms with E-state index in [0.717, 1.165) is 10.9 Å². The molecule has 1 heterocycles. The van der Waals surface area contributed by atoms with E-state index in [9.17, 15) is 18.4 Å². The van der Waals surface area contributed by atoms with E-state index in [-0.39, 0.29) is 62.3 Å². The van der Waals surface area contributed by atoms with Gasteiger partial charge in [-0.05, 0) is 42.7 Å². The summed E-state index contributed by atoms with van der Waals surface area (Å²) in [6, 6.07) is 14.0. The van der Waals surface area contributed by atoms with Crippen molar-refractivity contribution in [3.8, 4) is 0 Å². The van der Waals surface area contributed by atoms with E-state index in [1.807, 2.05) is 22.8 Å². The minimum absolute atomic E-state index is 0.0941. The number of hydrogen-bond acceptors (Lipinski definition) is 4. The molecule has 2 amide bonds. The number of fused-ring (bicyclic) bond motifs is 1. The maximum absolute atomic E-state index is 13.6. The van der Waals surface area contributed by atoms with Crippen LogP contribution in [-0.2, 0) is 11.3 Å². The molecule has 0 aliphatic heterocycles. The number of benzene rings is 2. The monoisotopic (exact) mass is 496 g/mol. The third-order valence-electron chi connectivity index (χ3n) is 6.42. The second-order valence-electron chi connectivity index (χ2n) is 9.19. The van der Waals surface area contributed by atoms with Gasteiger partial charge in [0.05, 0.1) is 0 Å². The second-order valence-corrected chi connectivity index (χ2v) is 9.19. The van der Waals surface area contributed by atoms with Crippen molar-refractivity contribution < 1.29 is 18.4 Å². The molecule has 10 heteroatoms. The van der Waals surface area contributed by atoms with Crippen molar-refractivity contribution in [3.05, 3.63) is 65.4 Å². The first-order chi connectivity index (χ1) is 17.1. The normalized spacial score (nSPS) is 15.5. The number of carbonyl (C=O) groups is 2. The van der Waals surface area contributed by atoms with Crippen LogP contribution < -0.4 is 22.1 Å². The summed E-state index contributed by atoms with van der Waals surface area (Å²) in [4.78, 5) is 25.3. The second kappa shape index (κ2) is 10.4. The Kier molecular flexibility index (Phi) is 7.35. The van der Waals surface area contributed by atoms with E-state index in [1.54, 1.807) is 30.3 Å². The number of nitrogen functional groups attached to an aromatic ring is 1. The van der Waals surface area contributed by atoms with Gasteiger partial charge in [0.2, 0.25) is 11.8 Å². The molecule has 0 radical (unpaired) electrons. The molecule has 1 saturated carbocycles. The number of amidine groups is 1. The van der Waals surface area contributed by atoms with Crippen LogP contribution in [0.15, 0.2) is 48.5 Å². The predicted octanol–water partition coefficient (Wildman–Crippen LogP) is 3.57. The number of nitrogens with two attached hydrogens (primary N) is 2. The molecule has 3 aromatic rings. The van der Waals surface area contributed by atoms with E-state index >= 15 is 0 Å². The van der Waals surface area contributed by atoms with Crippen LogP contribution in [0.2, 0.25) is 0 Å². The van der Waals surface area contributed by atoms with Crippen molar-refractivity contribution >= 4 is 34.2 Å². The molecule has 0 atom stereocenters. The summed E-state index contributed by atoms with van der Waals surface area (Å²) in [5.74, 6) is -3.31. The highest BCUT2D eigenvalue weighted by Gasteiger charge is 2.35. The highest BCUT2D eigenvalue weighted by Crippen LogP contribution is 2.33. The fraction of sp³-hybridized carbons (Fsp3) is 0.346. The zero-order valence-electron chi connectivity index (χ0n) is 19.8. The van der Waals surface area contributed by atoms with Gasteiger partial charge >= 0.3 is 0 Å². The SMILES string of the molecule is N=C(N)c1ccc2cc(C(=O)NC3CCC(F)(F)CC3)n(Cc3cccc(NC(=O)CCN)c3)c2c1. The lowest BCUT2D eigenvalue weighted by atomic mass is 9.92. The smallest absolute Gasteiger partial charge is 0.268 e. The van der Waals surface area contributed by atoms with Gasteiger partial charge in [0.1, 0.15) is 11.5 Å². The molecule has 4 rings (SSSR count). The Hall–Kier alpha value is -3.79. The molecule has 0 unspecified atom stereocenters. The number of halogens is 2. The van der Waals surface area contributed by atoms with Crippen molar-refractivity contribution in [2.45, 2.75) is 50.6 Å². The van der Waals surface area contributed by atoms with Crippen LogP contribution >= 0.6 is 0 Å². The zero-order valence-corrected chi connectivity index (χ0v) is 19.8. The lowest BCUT2D eigenvalue weighted by molar-refractivity contribution is -0.116. The van der Waals surface area contributed by atoms with Crippen LogP contribution in [0.3, 0.4) is 0 Å². The van der Waals surface area contributed by atoms with E-state index in [2.05, 4.69) is 10.6 Å². The fourth-order valence-electron chi connectivity index (χ4n) is 4.51. The van der Waals surface area contributed by atoms with Crippen LogP contribution in [-0.4, -0.2) is 40.7 Å². The summed E-state index contributed by atoms with van der Waals surface area (Å²) >= 11 is 0. The number of carbonyl (C=O) groups excluding carboxylic acids is 2. The quantitative estimate of drug-likeness (QED) is 0.240. The number of anilines is 1. The Morgan fingerprint density at radius 3 is 2.56 bits per heavy atom. The number of nitrogens with zero attached hydrogens (tertiary/aromatic N) is 1. The number of aromatic nitrogens is 1. The first kappa shape index (κ1) is 25.3. The Morgan fingerprint density at radius 2 is 1.86 bits per heavy atom. The van der Waals surface area contributed by atoms with E-state index < -0.39 is 5.92 Å². The van der Waals surface area contributed by atoms with Crippen molar-refractivity contribution in [2.24, 2.45) is 11.5 Å². The van der Waals surface area contributed by atoms with Crippen molar-refractivity contribution in [1.29, 1.82) is 5.41 Å². The van der Waals surface area contributed by atoms with Crippen molar-refractivity contribution in [1.82, 2.24) is 9.88 Å². The van der Waals surface area contributed by atoms with E-state index in [0.29, 0.717) is 29.0 Å². The standard InChI is InChI=1S/C26H30F2N6O2/c27-26(28)9-6-19(7-10-26)33-25(36)22-13-17-4-5-18(24(30)31)14-21(17)34(22)15-16-2-1-3-20(12-16)32-23(35)8-11-29/h1-5,12-14,19H,6-11,15,29H2,(H3,30,31)(H,32,35)(H,33,36). The summed E-state index contributed by atoms with van der Waals surface area (Å²) < 4.78 is 28.9. The van der Waals surface area contributed by atoms with Gasteiger partial charge < -0.3 is 26.7 Å². The molecule has 36 heavy (non-hydrogen) atoms. The molecule has 7 N–H and O–H groups in total. The number of amides is 2. The minimum Gasteiger partial charge on any atom is -0.384 e. The highest BCUT2D eigenvalue weighted by molar-refractivity contribution is 6.02. The first-order valence-corrected chi connectivity index (χ1v) is 11.9. The van der Waals surface area contributed by atoms with E-state index in [1.165, 1.54) is 0 Å². The minimum atomic E-state index is -2.68. The molecule has 0 spiro atoms. The highest BCUT2D eigenvalue weighted by atomic mass is 19.3. The van der Waals surface area contributed by atoms with Gasteiger partial charge in [-0.2, -0.15) is 0 Å². The fourth-order valence-corrected chi connectivity index (χ4v) is 4.51. The van der Waals surface area contributed by atoms with Crippen LogP contribution in [0.1, 0.15) is 53.7 Å². The third-order valence-corrected chi connectivity index (χ3v) is 6.42. The van der Waals surface area contributed by atoms with Crippen LogP contribution in [0.25, 0.3) is 10.9 Å². The molecular formula is C26H30F2N6O2. The summed E-state index contributed by atoms with van der Waals surface area (Å²) in [7, 11) is 0. The Bertz CT molecular complexity index is 1290. The summed E-state index contributed by atoms with van der Waals surface area (Å²) in [6.07, 6.45) is 0.158. The summed E-state index contributed by atoms with van der Waals surface area (Å²) in [5, 5.41) is 14.3. The maximum atomic E-state index is 13.6. The largest absolute Gasteiger partial charge is 0.384 e. The number of alkyl halides is 2. The van der Waals surface area contributed by atoms with Crippen LogP contribution in [0, 0.1) is 5.41 Å².